The van der Waals surface area contributed by atoms with Gasteiger partial charge in [-0.1, -0.05) is 12.5 Å². The fourth-order valence-corrected chi connectivity index (χ4v) is 1.93. The molecule has 1 aromatic carbocycles. The lowest BCUT2D eigenvalue weighted by atomic mass is 10.1. The van der Waals surface area contributed by atoms with Gasteiger partial charge < -0.3 is 15.6 Å². The molecule has 17 heavy (non-hydrogen) atoms. The SMILES string of the molecule is Cc1cc(C)c(OCCCCCCO)c(N)c1. The summed E-state index contributed by atoms with van der Waals surface area (Å²) >= 11 is 0. The average molecular weight is 237 g/mol. The van der Waals surface area contributed by atoms with Crippen LogP contribution in [0.1, 0.15) is 36.8 Å². The highest BCUT2D eigenvalue weighted by atomic mass is 16.5. The summed E-state index contributed by atoms with van der Waals surface area (Å²) in [5.41, 5.74) is 8.90. The molecule has 0 heterocycles. The van der Waals surface area contributed by atoms with Gasteiger partial charge in [0.15, 0.2) is 0 Å². The minimum Gasteiger partial charge on any atom is -0.491 e. The second-order valence-electron chi connectivity index (χ2n) is 4.49. The van der Waals surface area contributed by atoms with Gasteiger partial charge in [-0.15, -0.1) is 0 Å². The summed E-state index contributed by atoms with van der Waals surface area (Å²) in [4.78, 5) is 0. The van der Waals surface area contributed by atoms with E-state index in [4.69, 9.17) is 15.6 Å². The quantitative estimate of drug-likeness (QED) is 0.566. The first-order valence-electron chi connectivity index (χ1n) is 6.25. The largest absolute Gasteiger partial charge is 0.491 e. The highest BCUT2D eigenvalue weighted by Crippen LogP contribution is 2.27. The van der Waals surface area contributed by atoms with Crippen molar-refractivity contribution in [2.75, 3.05) is 18.9 Å². The van der Waals surface area contributed by atoms with Crippen LogP contribution in [0.2, 0.25) is 0 Å². The van der Waals surface area contributed by atoms with Gasteiger partial charge in [-0.25, -0.2) is 0 Å². The normalized spacial score (nSPS) is 10.5. The van der Waals surface area contributed by atoms with E-state index in [1.165, 1.54) is 0 Å². The van der Waals surface area contributed by atoms with Gasteiger partial charge in [-0.3, -0.25) is 0 Å². The van der Waals surface area contributed by atoms with Crippen molar-refractivity contribution in [1.29, 1.82) is 0 Å². The van der Waals surface area contributed by atoms with Crippen LogP contribution in [0.15, 0.2) is 12.1 Å². The third-order valence-corrected chi connectivity index (χ3v) is 2.75. The van der Waals surface area contributed by atoms with Crippen LogP contribution >= 0.6 is 0 Å². The predicted molar refractivity (Wildman–Crippen MR) is 71.4 cm³/mol. The van der Waals surface area contributed by atoms with Crippen LogP contribution in [0.25, 0.3) is 0 Å². The van der Waals surface area contributed by atoms with Gasteiger partial charge in [-0.2, -0.15) is 0 Å². The van der Waals surface area contributed by atoms with Crippen LogP contribution in [0.5, 0.6) is 5.75 Å². The molecule has 0 saturated carbocycles. The van der Waals surface area contributed by atoms with Gasteiger partial charge in [0.05, 0.1) is 12.3 Å². The predicted octanol–water partition coefficient (Wildman–Crippen LogP) is 2.82. The van der Waals surface area contributed by atoms with Crippen molar-refractivity contribution in [3.8, 4) is 5.75 Å². The van der Waals surface area contributed by atoms with Gasteiger partial charge in [0.25, 0.3) is 0 Å². The van der Waals surface area contributed by atoms with E-state index in [0.717, 1.165) is 48.2 Å². The third-order valence-electron chi connectivity index (χ3n) is 2.75. The van der Waals surface area contributed by atoms with Crippen molar-refractivity contribution < 1.29 is 9.84 Å². The number of hydrogen-bond donors (Lipinski definition) is 2. The second kappa shape index (κ2) is 7.17. The third kappa shape index (κ3) is 4.65. The Morgan fingerprint density at radius 2 is 1.82 bits per heavy atom. The fourth-order valence-electron chi connectivity index (χ4n) is 1.93. The highest BCUT2D eigenvalue weighted by Gasteiger charge is 2.05. The summed E-state index contributed by atoms with van der Waals surface area (Å²) in [6.45, 7) is 5.02. The van der Waals surface area contributed by atoms with Crippen LogP contribution in [0.3, 0.4) is 0 Å². The number of nitrogens with two attached hydrogens (primary N) is 1. The monoisotopic (exact) mass is 237 g/mol. The Morgan fingerprint density at radius 3 is 2.47 bits per heavy atom. The summed E-state index contributed by atoms with van der Waals surface area (Å²) in [7, 11) is 0. The maximum Gasteiger partial charge on any atom is 0.145 e. The van der Waals surface area contributed by atoms with Crippen LogP contribution in [-0.4, -0.2) is 18.3 Å². The summed E-state index contributed by atoms with van der Waals surface area (Å²) in [6, 6.07) is 4.02. The first-order chi connectivity index (χ1) is 8.15. The van der Waals surface area contributed by atoms with Crippen LogP contribution in [0.4, 0.5) is 5.69 Å². The molecule has 0 saturated heterocycles. The van der Waals surface area contributed by atoms with Gasteiger partial charge in [0.1, 0.15) is 5.75 Å². The number of unbranched alkanes of at least 4 members (excludes halogenated alkanes) is 3. The topological polar surface area (TPSA) is 55.5 Å². The average Bonchev–Trinajstić information content (AvgIpc) is 2.26. The Kier molecular flexibility index (Phi) is 5.84. The molecule has 96 valence electrons. The van der Waals surface area contributed by atoms with Crippen molar-refractivity contribution >= 4 is 5.69 Å². The first-order valence-corrected chi connectivity index (χ1v) is 6.25. The number of nitrogen functional groups attached to an aromatic ring is 1. The number of rotatable bonds is 7. The maximum atomic E-state index is 8.65. The molecule has 0 amide bonds. The van der Waals surface area contributed by atoms with Crippen LogP contribution in [0, 0.1) is 13.8 Å². The van der Waals surface area contributed by atoms with Crippen molar-refractivity contribution in [3.63, 3.8) is 0 Å². The van der Waals surface area contributed by atoms with Gasteiger partial charge in [0.2, 0.25) is 0 Å². The van der Waals surface area contributed by atoms with Gasteiger partial charge in [0, 0.05) is 6.61 Å². The Morgan fingerprint density at radius 1 is 1.12 bits per heavy atom. The lowest BCUT2D eigenvalue weighted by Gasteiger charge is -2.12. The second-order valence-corrected chi connectivity index (χ2v) is 4.49. The molecular weight excluding hydrogens is 214 g/mol. The fraction of sp³-hybridized carbons (Fsp3) is 0.571. The van der Waals surface area contributed by atoms with E-state index in [0.29, 0.717) is 6.61 Å². The van der Waals surface area contributed by atoms with Crippen LogP contribution in [-0.2, 0) is 0 Å². The molecule has 1 aromatic rings. The van der Waals surface area contributed by atoms with Crippen molar-refractivity contribution in [3.05, 3.63) is 23.3 Å². The molecule has 1 rings (SSSR count). The van der Waals surface area contributed by atoms with E-state index >= 15 is 0 Å². The molecule has 0 bridgehead atoms. The van der Waals surface area contributed by atoms with Crippen molar-refractivity contribution in [2.45, 2.75) is 39.5 Å². The number of aliphatic hydroxyl groups is 1. The Balaban J connectivity index is 2.36. The number of anilines is 1. The standard InChI is InChI=1S/C14H23NO2/c1-11-9-12(2)14(13(15)10-11)17-8-6-4-3-5-7-16/h9-10,16H,3-8,15H2,1-2H3. The molecule has 0 fully saturated rings. The Hall–Kier alpha value is -1.22. The molecule has 0 radical (unpaired) electrons. The summed E-state index contributed by atoms with van der Waals surface area (Å²) in [5, 5.41) is 8.65. The lowest BCUT2D eigenvalue weighted by molar-refractivity contribution is 0.273. The zero-order chi connectivity index (χ0) is 12.7. The summed E-state index contributed by atoms with van der Waals surface area (Å²) < 4.78 is 5.72. The van der Waals surface area contributed by atoms with Crippen LogP contribution < -0.4 is 10.5 Å². The molecule has 0 aromatic heterocycles. The Labute approximate surface area is 104 Å². The molecule has 0 aliphatic heterocycles. The Bertz CT molecular complexity index is 327. The van der Waals surface area contributed by atoms with E-state index in [9.17, 15) is 0 Å². The number of aryl methyl sites for hydroxylation is 2. The molecule has 0 unspecified atom stereocenters. The highest BCUT2D eigenvalue weighted by molar-refractivity contribution is 5.58. The van der Waals surface area contributed by atoms with Crippen molar-refractivity contribution in [2.24, 2.45) is 0 Å². The van der Waals surface area contributed by atoms with E-state index in [1.807, 2.05) is 19.9 Å². The number of benzene rings is 1. The van der Waals surface area contributed by atoms with E-state index in [-0.39, 0.29) is 6.61 Å². The molecule has 0 atom stereocenters. The molecular formula is C14H23NO2. The minimum atomic E-state index is 0.283. The summed E-state index contributed by atoms with van der Waals surface area (Å²) in [5.74, 6) is 0.817. The minimum absolute atomic E-state index is 0.283. The number of ether oxygens (including phenoxy) is 1. The molecule has 3 heteroatoms. The van der Waals surface area contributed by atoms with E-state index in [2.05, 4.69) is 6.07 Å². The zero-order valence-electron chi connectivity index (χ0n) is 10.8. The zero-order valence-corrected chi connectivity index (χ0v) is 10.8. The molecule has 0 spiro atoms. The summed E-state index contributed by atoms with van der Waals surface area (Å²) in [6.07, 6.45) is 4.03. The molecule has 0 aliphatic rings. The molecule has 0 aliphatic carbocycles. The lowest BCUT2D eigenvalue weighted by Crippen LogP contribution is -2.02. The molecule has 3 nitrogen and oxygen atoms in total. The number of hydrogen-bond acceptors (Lipinski definition) is 3. The van der Waals surface area contributed by atoms with E-state index < -0.39 is 0 Å². The maximum absolute atomic E-state index is 8.65. The van der Waals surface area contributed by atoms with Crippen molar-refractivity contribution in [1.82, 2.24) is 0 Å². The van der Waals surface area contributed by atoms with Gasteiger partial charge >= 0.3 is 0 Å². The smallest absolute Gasteiger partial charge is 0.145 e. The molecule has 3 N–H and O–H groups in total. The number of aliphatic hydroxyl groups excluding tert-OH is 1. The van der Waals surface area contributed by atoms with E-state index in [1.54, 1.807) is 0 Å². The van der Waals surface area contributed by atoms with Gasteiger partial charge in [-0.05, 0) is 50.3 Å². The first kappa shape index (κ1) is 13.8.